The fourth-order valence-electron chi connectivity index (χ4n) is 2.48. The summed E-state index contributed by atoms with van der Waals surface area (Å²) in [5.74, 6) is -1.36. The smallest absolute Gasteiger partial charge is 0.344 e. The Bertz CT molecular complexity index is 973. The van der Waals surface area contributed by atoms with E-state index in [0.29, 0.717) is 5.75 Å². The van der Waals surface area contributed by atoms with Gasteiger partial charge in [-0.3, -0.25) is 4.79 Å². The van der Waals surface area contributed by atoms with Gasteiger partial charge in [0.15, 0.2) is 12.7 Å². The Kier molecular flexibility index (Phi) is 5.66. The minimum absolute atomic E-state index is 0.0258. The van der Waals surface area contributed by atoms with Gasteiger partial charge in [0.05, 0.1) is 5.69 Å². The minimum Gasteiger partial charge on any atom is -0.482 e. The zero-order chi connectivity index (χ0) is 19.2. The van der Waals surface area contributed by atoms with Crippen molar-refractivity contribution in [1.82, 2.24) is 0 Å². The van der Waals surface area contributed by atoms with E-state index in [4.69, 9.17) is 9.47 Å². The lowest BCUT2D eigenvalue weighted by atomic mass is 10.1. The van der Waals surface area contributed by atoms with Crippen molar-refractivity contribution in [2.24, 2.45) is 0 Å². The Morgan fingerprint density at radius 2 is 1.70 bits per heavy atom. The number of para-hydroxylation sites is 1. The van der Waals surface area contributed by atoms with Gasteiger partial charge in [0.25, 0.3) is 5.91 Å². The number of carbonyl (C=O) groups excluding carboxylic acids is 2. The number of hydrogen-bond donors (Lipinski definition) is 1. The van der Waals surface area contributed by atoms with Gasteiger partial charge in [0.1, 0.15) is 11.6 Å². The molecule has 0 aliphatic heterocycles. The molecular formula is C21H18FNO4. The molecule has 27 heavy (non-hydrogen) atoms. The summed E-state index contributed by atoms with van der Waals surface area (Å²) in [7, 11) is 0. The van der Waals surface area contributed by atoms with Gasteiger partial charge < -0.3 is 14.8 Å². The van der Waals surface area contributed by atoms with Crippen molar-refractivity contribution in [3.8, 4) is 5.75 Å². The van der Waals surface area contributed by atoms with E-state index >= 15 is 0 Å². The first-order valence-electron chi connectivity index (χ1n) is 8.39. The number of ether oxygens (including phenoxy) is 2. The van der Waals surface area contributed by atoms with Crippen LogP contribution in [-0.4, -0.2) is 24.6 Å². The van der Waals surface area contributed by atoms with E-state index in [1.807, 2.05) is 36.4 Å². The number of anilines is 1. The number of carbonyl (C=O) groups is 2. The first-order valence-corrected chi connectivity index (χ1v) is 8.39. The molecule has 6 heteroatoms. The number of fused-ring (bicyclic) bond motifs is 1. The summed E-state index contributed by atoms with van der Waals surface area (Å²) in [5.41, 5.74) is 0.0258. The van der Waals surface area contributed by atoms with Crippen LogP contribution in [0.3, 0.4) is 0 Å². The molecule has 0 unspecified atom stereocenters. The van der Waals surface area contributed by atoms with Crippen LogP contribution < -0.4 is 10.1 Å². The molecule has 3 rings (SSSR count). The molecule has 0 aliphatic rings. The highest BCUT2D eigenvalue weighted by atomic mass is 19.1. The second-order valence-electron chi connectivity index (χ2n) is 5.90. The fourth-order valence-corrected chi connectivity index (χ4v) is 2.48. The molecule has 0 heterocycles. The number of esters is 1. The van der Waals surface area contributed by atoms with Crippen LogP contribution in [0.5, 0.6) is 5.75 Å². The predicted molar refractivity (Wildman–Crippen MR) is 100 cm³/mol. The largest absolute Gasteiger partial charge is 0.482 e. The maximum atomic E-state index is 13.6. The third kappa shape index (κ3) is 4.82. The van der Waals surface area contributed by atoms with E-state index in [1.54, 1.807) is 12.1 Å². The summed E-state index contributed by atoms with van der Waals surface area (Å²) < 4.78 is 24.0. The molecule has 0 aromatic heterocycles. The number of amides is 1. The summed E-state index contributed by atoms with van der Waals surface area (Å²) in [5, 5.41) is 4.43. The van der Waals surface area contributed by atoms with E-state index in [-0.39, 0.29) is 12.3 Å². The molecule has 138 valence electrons. The molecule has 0 bridgehead atoms. The van der Waals surface area contributed by atoms with Crippen molar-refractivity contribution in [1.29, 1.82) is 0 Å². The fraction of sp³-hybridized carbons (Fsp3) is 0.143. The van der Waals surface area contributed by atoms with E-state index in [9.17, 15) is 14.0 Å². The first kappa shape index (κ1) is 18.4. The Labute approximate surface area is 155 Å². The zero-order valence-corrected chi connectivity index (χ0v) is 14.6. The second kappa shape index (κ2) is 8.31. The van der Waals surface area contributed by atoms with Gasteiger partial charge >= 0.3 is 5.97 Å². The Hall–Kier alpha value is -3.41. The monoisotopic (exact) mass is 367 g/mol. The molecule has 5 nitrogen and oxygen atoms in total. The van der Waals surface area contributed by atoms with Crippen LogP contribution >= 0.6 is 0 Å². The van der Waals surface area contributed by atoms with Crippen LogP contribution in [0.15, 0.2) is 66.7 Å². The maximum Gasteiger partial charge on any atom is 0.344 e. The van der Waals surface area contributed by atoms with Crippen molar-refractivity contribution in [3.63, 3.8) is 0 Å². The maximum absolute atomic E-state index is 13.6. The molecule has 3 aromatic carbocycles. The molecule has 3 aromatic rings. The highest BCUT2D eigenvalue weighted by Gasteiger charge is 2.19. The zero-order valence-electron chi connectivity index (χ0n) is 14.6. The number of hydrogen-bond acceptors (Lipinski definition) is 4. The Morgan fingerprint density at radius 3 is 2.48 bits per heavy atom. The van der Waals surface area contributed by atoms with Crippen LogP contribution in [0.1, 0.15) is 6.92 Å². The number of benzene rings is 3. The van der Waals surface area contributed by atoms with Crippen LogP contribution in [0.2, 0.25) is 0 Å². The molecule has 0 spiro atoms. The van der Waals surface area contributed by atoms with Gasteiger partial charge in [-0.05, 0) is 42.0 Å². The van der Waals surface area contributed by atoms with Crippen LogP contribution in [0.25, 0.3) is 10.8 Å². The summed E-state index contributed by atoms with van der Waals surface area (Å²) >= 11 is 0. The van der Waals surface area contributed by atoms with Gasteiger partial charge in [0, 0.05) is 0 Å². The van der Waals surface area contributed by atoms with Crippen LogP contribution in [0.4, 0.5) is 10.1 Å². The molecule has 0 aliphatic carbocycles. The third-order valence-corrected chi connectivity index (χ3v) is 3.89. The first-order chi connectivity index (χ1) is 13.0. The summed E-state index contributed by atoms with van der Waals surface area (Å²) in [6, 6.07) is 19.0. The average molecular weight is 367 g/mol. The summed E-state index contributed by atoms with van der Waals surface area (Å²) in [4.78, 5) is 23.9. The molecular weight excluding hydrogens is 349 g/mol. The van der Waals surface area contributed by atoms with Gasteiger partial charge in [-0.15, -0.1) is 0 Å². The van der Waals surface area contributed by atoms with E-state index < -0.39 is 23.8 Å². The van der Waals surface area contributed by atoms with Crippen molar-refractivity contribution < 1.29 is 23.5 Å². The van der Waals surface area contributed by atoms with Crippen LogP contribution in [0, 0.1) is 5.82 Å². The van der Waals surface area contributed by atoms with E-state index in [2.05, 4.69) is 5.32 Å². The van der Waals surface area contributed by atoms with E-state index in [0.717, 1.165) is 10.8 Å². The van der Waals surface area contributed by atoms with Crippen molar-refractivity contribution in [2.45, 2.75) is 13.0 Å². The molecule has 1 N–H and O–H groups in total. The van der Waals surface area contributed by atoms with Crippen molar-refractivity contribution >= 4 is 28.3 Å². The van der Waals surface area contributed by atoms with E-state index in [1.165, 1.54) is 25.1 Å². The third-order valence-electron chi connectivity index (χ3n) is 3.89. The average Bonchev–Trinajstić information content (AvgIpc) is 2.68. The number of halogens is 1. The Balaban J connectivity index is 1.52. The molecule has 1 amide bonds. The molecule has 0 radical (unpaired) electrons. The van der Waals surface area contributed by atoms with Gasteiger partial charge in [-0.1, -0.05) is 42.5 Å². The molecule has 0 saturated heterocycles. The number of rotatable bonds is 6. The topological polar surface area (TPSA) is 64.6 Å². The van der Waals surface area contributed by atoms with Gasteiger partial charge in [-0.25, -0.2) is 9.18 Å². The second-order valence-corrected chi connectivity index (χ2v) is 5.90. The normalized spacial score (nSPS) is 11.6. The lowest BCUT2D eigenvalue weighted by Crippen LogP contribution is -2.31. The highest BCUT2D eigenvalue weighted by Crippen LogP contribution is 2.20. The molecule has 0 fully saturated rings. The lowest BCUT2D eigenvalue weighted by molar-refractivity contribution is -0.155. The SMILES string of the molecule is C[C@@H](OC(=O)COc1ccc2ccccc2c1)C(=O)Nc1ccccc1F. The van der Waals surface area contributed by atoms with Gasteiger partial charge in [-0.2, -0.15) is 0 Å². The minimum atomic E-state index is -1.09. The van der Waals surface area contributed by atoms with Crippen molar-refractivity contribution in [3.05, 3.63) is 72.5 Å². The lowest BCUT2D eigenvalue weighted by Gasteiger charge is -2.14. The summed E-state index contributed by atoms with van der Waals surface area (Å²) in [6.45, 7) is 1.07. The van der Waals surface area contributed by atoms with Crippen LogP contribution in [-0.2, 0) is 14.3 Å². The van der Waals surface area contributed by atoms with Crippen molar-refractivity contribution in [2.75, 3.05) is 11.9 Å². The Morgan fingerprint density at radius 1 is 1.00 bits per heavy atom. The highest BCUT2D eigenvalue weighted by molar-refractivity contribution is 5.95. The summed E-state index contributed by atoms with van der Waals surface area (Å²) in [6.07, 6.45) is -1.09. The molecule has 1 atom stereocenters. The number of nitrogens with one attached hydrogen (secondary N) is 1. The molecule has 0 saturated carbocycles. The quantitative estimate of drug-likeness (QED) is 0.671. The standard InChI is InChI=1S/C21H18FNO4/c1-14(21(25)23-19-9-5-4-8-18(19)22)27-20(24)13-26-17-11-10-15-6-2-3-7-16(15)12-17/h2-12,14H,13H2,1H3,(H,23,25)/t14-/m1/s1. The van der Waals surface area contributed by atoms with Gasteiger partial charge in [0.2, 0.25) is 0 Å². The predicted octanol–water partition coefficient (Wildman–Crippen LogP) is 3.93.